The molecule has 9 heteroatoms. The monoisotopic (exact) mass is 295 g/mol. The first-order valence-electron chi connectivity index (χ1n) is 6.62. The second-order valence-electron chi connectivity index (χ2n) is 5.30. The lowest BCUT2D eigenvalue weighted by Gasteiger charge is -2.40. The lowest BCUT2D eigenvalue weighted by atomic mass is 9.79. The summed E-state index contributed by atoms with van der Waals surface area (Å²) in [5, 5.41) is 39.3. The van der Waals surface area contributed by atoms with Gasteiger partial charge in [0.25, 0.3) is 0 Å². The maximum absolute atomic E-state index is 10.2. The summed E-state index contributed by atoms with van der Waals surface area (Å²) in [6.45, 7) is -0.287. The third kappa shape index (κ3) is 2.14. The molecule has 6 N–H and O–H groups in total. The average Bonchev–Trinajstić information content (AvgIpc) is 2.91. The highest BCUT2D eigenvalue weighted by molar-refractivity contribution is 5.81. The van der Waals surface area contributed by atoms with Crippen LogP contribution in [-0.2, 0) is 0 Å². The zero-order valence-electron chi connectivity index (χ0n) is 11.1. The molecule has 2 aromatic heterocycles. The van der Waals surface area contributed by atoms with E-state index >= 15 is 0 Å². The van der Waals surface area contributed by atoms with Crippen LogP contribution in [0.1, 0.15) is 12.5 Å². The Morgan fingerprint density at radius 3 is 2.62 bits per heavy atom. The van der Waals surface area contributed by atoms with Gasteiger partial charge in [0.2, 0.25) is 0 Å². The Morgan fingerprint density at radius 1 is 1.14 bits per heavy atom. The summed E-state index contributed by atoms with van der Waals surface area (Å²) in [4.78, 5) is 12.1. The van der Waals surface area contributed by atoms with Crippen molar-refractivity contribution >= 4 is 17.0 Å². The van der Waals surface area contributed by atoms with Gasteiger partial charge in [-0.1, -0.05) is 0 Å². The van der Waals surface area contributed by atoms with Gasteiger partial charge in [-0.25, -0.2) is 15.0 Å². The number of imidazole rings is 1. The van der Waals surface area contributed by atoms with Gasteiger partial charge in [0.15, 0.2) is 11.5 Å². The number of hydrogen-bond donors (Lipinski definition) is 5. The molecule has 21 heavy (non-hydrogen) atoms. The minimum Gasteiger partial charge on any atom is -0.396 e. The van der Waals surface area contributed by atoms with E-state index < -0.39 is 30.3 Å². The predicted octanol–water partition coefficient (Wildman–Crippen LogP) is -1.96. The molecule has 2 heterocycles. The number of aliphatic hydroxyl groups excluding tert-OH is 4. The molecule has 9 nitrogen and oxygen atoms in total. The van der Waals surface area contributed by atoms with E-state index in [0.717, 1.165) is 0 Å². The van der Waals surface area contributed by atoms with Crippen LogP contribution in [0.2, 0.25) is 0 Å². The molecule has 1 aliphatic carbocycles. The third-order valence-electron chi connectivity index (χ3n) is 4.10. The Morgan fingerprint density at radius 2 is 1.90 bits per heavy atom. The van der Waals surface area contributed by atoms with Crippen molar-refractivity contribution in [3.05, 3.63) is 12.7 Å². The molecular weight excluding hydrogens is 278 g/mol. The third-order valence-corrected chi connectivity index (χ3v) is 4.10. The highest BCUT2D eigenvalue weighted by atomic mass is 16.4. The quantitative estimate of drug-likeness (QED) is 0.428. The molecule has 2 aromatic rings. The number of hydrogen-bond acceptors (Lipinski definition) is 8. The summed E-state index contributed by atoms with van der Waals surface area (Å²) in [5.74, 6) is -0.312. The van der Waals surface area contributed by atoms with Crippen LogP contribution < -0.4 is 5.73 Å². The first-order chi connectivity index (χ1) is 10.0. The fraction of sp³-hybridized carbons (Fsp3) is 0.583. The Bertz CT molecular complexity index is 646. The van der Waals surface area contributed by atoms with Crippen LogP contribution in [0.3, 0.4) is 0 Å². The summed E-state index contributed by atoms with van der Waals surface area (Å²) in [6, 6.07) is -0.570. The minimum atomic E-state index is -1.35. The Hall–Kier alpha value is -1.81. The van der Waals surface area contributed by atoms with Crippen molar-refractivity contribution in [2.75, 3.05) is 12.3 Å². The van der Waals surface area contributed by atoms with E-state index in [1.54, 1.807) is 4.57 Å². The van der Waals surface area contributed by atoms with Gasteiger partial charge in [-0.15, -0.1) is 0 Å². The number of aromatic nitrogens is 4. The second kappa shape index (κ2) is 5.19. The number of nitrogens with zero attached hydrogens (tertiary/aromatic N) is 4. The smallest absolute Gasteiger partial charge is 0.165 e. The van der Waals surface area contributed by atoms with E-state index in [2.05, 4.69) is 15.0 Å². The fourth-order valence-corrected chi connectivity index (χ4v) is 2.87. The molecule has 1 aliphatic rings. The van der Waals surface area contributed by atoms with Gasteiger partial charge in [0.1, 0.15) is 24.1 Å². The summed E-state index contributed by atoms with van der Waals surface area (Å²) in [5.41, 5.74) is 6.56. The van der Waals surface area contributed by atoms with Crippen molar-refractivity contribution in [3.63, 3.8) is 0 Å². The molecular formula is C12H17N5O4. The van der Waals surface area contributed by atoms with Crippen molar-refractivity contribution in [3.8, 4) is 0 Å². The second-order valence-corrected chi connectivity index (χ2v) is 5.30. The van der Waals surface area contributed by atoms with Gasteiger partial charge in [-0.05, 0) is 6.42 Å². The average molecular weight is 295 g/mol. The first kappa shape index (κ1) is 14.1. The van der Waals surface area contributed by atoms with E-state index in [0.29, 0.717) is 11.2 Å². The number of anilines is 1. The first-order valence-corrected chi connectivity index (χ1v) is 6.62. The highest BCUT2D eigenvalue weighted by Crippen LogP contribution is 2.35. The lowest BCUT2D eigenvalue weighted by Crippen LogP contribution is -2.52. The van der Waals surface area contributed by atoms with Gasteiger partial charge >= 0.3 is 0 Å². The van der Waals surface area contributed by atoms with E-state index in [1.165, 1.54) is 12.7 Å². The molecule has 0 radical (unpaired) electrons. The van der Waals surface area contributed by atoms with E-state index in [9.17, 15) is 20.4 Å². The SMILES string of the molecule is Nc1ncnc2c1ncn2[C@@H]1C[C@H](CO)[C@@H](O)[C@H](O)[C@H]1O. The molecule has 114 valence electrons. The summed E-state index contributed by atoms with van der Waals surface area (Å²) in [6.07, 6.45) is -0.683. The molecule has 5 atom stereocenters. The number of fused-ring (bicyclic) bond motifs is 1. The molecule has 0 bridgehead atoms. The molecule has 0 aliphatic heterocycles. The van der Waals surface area contributed by atoms with Crippen LogP contribution in [0.15, 0.2) is 12.7 Å². The molecule has 0 aromatic carbocycles. The van der Waals surface area contributed by atoms with Crippen molar-refractivity contribution in [2.45, 2.75) is 30.8 Å². The van der Waals surface area contributed by atoms with Crippen LogP contribution in [0.4, 0.5) is 5.82 Å². The number of nitrogen functional groups attached to an aromatic ring is 1. The molecule has 0 unspecified atom stereocenters. The topological polar surface area (TPSA) is 151 Å². The van der Waals surface area contributed by atoms with Gasteiger partial charge in [-0.2, -0.15) is 0 Å². The maximum atomic E-state index is 10.2. The molecule has 0 saturated heterocycles. The van der Waals surface area contributed by atoms with Crippen LogP contribution in [0, 0.1) is 5.92 Å². The Labute approximate surface area is 119 Å². The van der Waals surface area contributed by atoms with E-state index in [1.807, 2.05) is 0 Å². The number of nitrogens with two attached hydrogens (primary N) is 1. The van der Waals surface area contributed by atoms with Crippen molar-refractivity contribution in [1.82, 2.24) is 19.5 Å². The minimum absolute atomic E-state index is 0.225. The maximum Gasteiger partial charge on any atom is 0.165 e. The summed E-state index contributed by atoms with van der Waals surface area (Å²) < 4.78 is 1.59. The zero-order valence-corrected chi connectivity index (χ0v) is 11.1. The van der Waals surface area contributed by atoms with Crippen LogP contribution in [0.5, 0.6) is 0 Å². The molecule has 1 saturated carbocycles. The Balaban J connectivity index is 2.03. The van der Waals surface area contributed by atoms with E-state index in [-0.39, 0.29) is 18.8 Å². The van der Waals surface area contributed by atoms with Gasteiger partial charge in [0.05, 0.1) is 18.5 Å². The molecule has 0 amide bonds. The van der Waals surface area contributed by atoms with Gasteiger partial charge in [0, 0.05) is 12.5 Å². The largest absolute Gasteiger partial charge is 0.396 e. The van der Waals surface area contributed by atoms with Gasteiger partial charge in [-0.3, -0.25) is 0 Å². The van der Waals surface area contributed by atoms with Crippen molar-refractivity contribution in [1.29, 1.82) is 0 Å². The molecule has 1 fully saturated rings. The predicted molar refractivity (Wildman–Crippen MR) is 72.0 cm³/mol. The lowest BCUT2D eigenvalue weighted by molar-refractivity contribution is -0.137. The highest BCUT2D eigenvalue weighted by Gasteiger charge is 2.43. The van der Waals surface area contributed by atoms with Crippen LogP contribution in [0.25, 0.3) is 11.2 Å². The fourth-order valence-electron chi connectivity index (χ4n) is 2.87. The standard InChI is InChI=1S/C12H17N5O4/c13-11-7-12(15-3-14-11)17(4-16-7)6-1-5(2-18)8(19)10(21)9(6)20/h3-6,8-10,18-21H,1-2H2,(H2,13,14,15)/t5-,6-,8-,9+,10+/m1/s1. The molecule has 3 rings (SSSR count). The number of aliphatic hydroxyl groups is 4. The van der Waals surface area contributed by atoms with Crippen LogP contribution in [-0.4, -0.2) is 64.9 Å². The normalized spacial score (nSPS) is 33.4. The van der Waals surface area contributed by atoms with Crippen LogP contribution >= 0.6 is 0 Å². The van der Waals surface area contributed by atoms with Gasteiger partial charge < -0.3 is 30.7 Å². The summed E-state index contributed by atoms with van der Waals surface area (Å²) >= 11 is 0. The number of rotatable bonds is 2. The van der Waals surface area contributed by atoms with Crippen molar-refractivity contribution in [2.24, 2.45) is 5.92 Å². The zero-order chi connectivity index (χ0) is 15.1. The van der Waals surface area contributed by atoms with E-state index in [4.69, 9.17) is 5.73 Å². The molecule has 0 spiro atoms. The van der Waals surface area contributed by atoms with Crippen molar-refractivity contribution < 1.29 is 20.4 Å². The Kier molecular flexibility index (Phi) is 3.49. The summed E-state index contributed by atoms with van der Waals surface area (Å²) in [7, 11) is 0.